The van der Waals surface area contributed by atoms with Crippen molar-refractivity contribution in [2.75, 3.05) is 0 Å². The van der Waals surface area contributed by atoms with Crippen LogP contribution in [-0.4, -0.2) is 40.1 Å². The predicted molar refractivity (Wildman–Crippen MR) is 120 cm³/mol. The summed E-state index contributed by atoms with van der Waals surface area (Å²) in [6.45, 7) is 5.16. The number of H-pyrrole nitrogens is 1. The predicted octanol–water partition coefficient (Wildman–Crippen LogP) is 2.06. The highest BCUT2D eigenvalue weighted by atomic mass is 16.3. The van der Waals surface area contributed by atoms with Gasteiger partial charge < -0.3 is 20.7 Å². The smallest absolute Gasteiger partial charge is 0.268 e. The number of hydrogen-bond acceptors (Lipinski definition) is 4. The van der Waals surface area contributed by atoms with E-state index in [0.29, 0.717) is 10.9 Å². The molecule has 0 aliphatic carbocycles. The molecule has 1 aromatic heterocycles. The number of rotatable bonds is 7. The van der Waals surface area contributed by atoms with Crippen LogP contribution in [0, 0.1) is 6.92 Å². The molecule has 0 bridgehead atoms. The molecule has 2 unspecified atom stereocenters. The number of para-hydroxylation sites is 1. The largest absolute Gasteiger partial charge is 0.381 e. The van der Waals surface area contributed by atoms with Crippen molar-refractivity contribution in [3.05, 3.63) is 81.6 Å². The lowest BCUT2D eigenvalue weighted by Crippen LogP contribution is -2.53. The summed E-state index contributed by atoms with van der Waals surface area (Å²) < 4.78 is 0. The van der Waals surface area contributed by atoms with Gasteiger partial charge in [0.15, 0.2) is 11.5 Å². The van der Waals surface area contributed by atoms with Crippen LogP contribution >= 0.6 is 0 Å². The van der Waals surface area contributed by atoms with E-state index in [1.165, 1.54) is 0 Å². The van der Waals surface area contributed by atoms with Crippen LogP contribution in [0.1, 0.15) is 35.5 Å². The third kappa shape index (κ3) is 5.19. The van der Waals surface area contributed by atoms with E-state index in [0.717, 1.165) is 5.56 Å². The second-order valence-electron chi connectivity index (χ2n) is 7.88. The maximum absolute atomic E-state index is 13.1. The van der Waals surface area contributed by atoms with Crippen molar-refractivity contribution < 1.29 is 14.7 Å². The number of aliphatic hydroxyl groups excluding tert-OH is 1. The van der Waals surface area contributed by atoms with Crippen molar-refractivity contribution in [1.29, 1.82) is 0 Å². The molecule has 7 heteroatoms. The molecule has 2 amide bonds. The van der Waals surface area contributed by atoms with Crippen LogP contribution < -0.4 is 16.1 Å². The molecule has 2 atom stereocenters. The normalized spacial score (nSPS) is 13.1. The van der Waals surface area contributed by atoms with Crippen molar-refractivity contribution in [2.24, 2.45) is 0 Å². The van der Waals surface area contributed by atoms with Gasteiger partial charge in [0.05, 0.1) is 6.04 Å². The van der Waals surface area contributed by atoms with Crippen LogP contribution in [-0.2, 0) is 11.2 Å². The minimum Gasteiger partial charge on any atom is -0.381 e. The Morgan fingerprint density at radius 1 is 1.00 bits per heavy atom. The number of fused-ring (bicyclic) bond motifs is 1. The Kier molecular flexibility index (Phi) is 6.87. The van der Waals surface area contributed by atoms with Crippen LogP contribution in [0.25, 0.3) is 10.9 Å². The number of carbonyl (C=O) groups excluding carboxylic acids is 2. The van der Waals surface area contributed by atoms with E-state index in [2.05, 4.69) is 15.6 Å². The molecule has 1 heterocycles. The van der Waals surface area contributed by atoms with Gasteiger partial charge in [0.1, 0.15) is 5.69 Å². The molecule has 0 aliphatic rings. The minimum atomic E-state index is -1.46. The third-order valence-electron chi connectivity index (χ3n) is 5.07. The molecular formula is C24H27N3O4. The Morgan fingerprint density at radius 3 is 2.32 bits per heavy atom. The topological polar surface area (TPSA) is 111 Å². The van der Waals surface area contributed by atoms with Crippen molar-refractivity contribution >= 4 is 22.7 Å². The molecule has 0 aliphatic heterocycles. The molecule has 162 valence electrons. The zero-order valence-electron chi connectivity index (χ0n) is 17.8. The van der Waals surface area contributed by atoms with Crippen molar-refractivity contribution in [2.45, 2.75) is 45.4 Å². The van der Waals surface area contributed by atoms with Crippen molar-refractivity contribution in [3.8, 4) is 0 Å². The second kappa shape index (κ2) is 9.57. The Labute approximate surface area is 180 Å². The number of aliphatic hydroxyl groups is 1. The zero-order valence-corrected chi connectivity index (χ0v) is 17.8. The van der Waals surface area contributed by atoms with Gasteiger partial charge in [-0.25, -0.2) is 0 Å². The van der Waals surface area contributed by atoms with Gasteiger partial charge in [-0.3, -0.25) is 14.4 Å². The molecule has 31 heavy (non-hydrogen) atoms. The number of amides is 2. The fraction of sp³-hybridized carbons (Fsp3) is 0.292. The quantitative estimate of drug-likeness (QED) is 0.468. The molecule has 2 aromatic carbocycles. The number of aromatic nitrogens is 1. The second-order valence-corrected chi connectivity index (χ2v) is 7.88. The third-order valence-corrected chi connectivity index (χ3v) is 5.07. The highest BCUT2D eigenvalue weighted by Crippen LogP contribution is 2.13. The first-order chi connectivity index (χ1) is 14.8. The molecule has 7 nitrogen and oxygen atoms in total. The fourth-order valence-electron chi connectivity index (χ4n) is 3.46. The number of aromatic amines is 1. The van der Waals surface area contributed by atoms with E-state index < -0.39 is 24.0 Å². The Morgan fingerprint density at radius 2 is 1.65 bits per heavy atom. The van der Waals surface area contributed by atoms with Crippen LogP contribution in [0.15, 0.2) is 59.4 Å². The van der Waals surface area contributed by atoms with Gasteiger partial charge in [-0.1, -0.05) is 42.5 Å². The van der Waals surface area contributed by atoms with Crippen LogP contribution in [0.5, 0.6) is 0 Å². The van der Waals surface area contributed by atoms with E-state index in [1.807, 2.05) is 30.3 Å². The Balaban J connectivity index is 1.92. The first-order valence-electron chi connectivity index (χ1n) is 10.2. The number of carbonyl (C=O) groups is 2. The average Bonchev–Trinajstić information content (AvgIpc) is 2.75. The van der Waals surface area contributed by atoms with E-state index in [9.17, 15) is 19.5 Å². The molecule has 3 rings (SSSR count). The molecule has 0 saturated carbocycles. The van der Waals surface area contributed by atoms with Gasteiger partial charge in [0.25, 0.3) is 11.8 Å². The highest BCUT2D eigenvalue weighted by Gasteiger charge is 2.29. The number of nitrogens with one attached hydrogen (secondary N) is 3. The van der Waals surface area contributed by atoms with E-state index in [-0.39, 0.29) is 29.1 Å². The fourth-order valence-corrected chi connectivity index (χ4v) is 3.46. The van der Waals surface area contributed by atoms with Gasteiger partial charge in [-0.2, -0.15) is 0 Å². The SMILES string of the molecule is Cc1c(C(=O)NC(Cc2ccccc2)C(O)C(=O)NC(C)C)[nH]c2ccccc2c1=O. The molecular weight excluding hydrogens is 394 g/mol. The van der Waals surface area contributed by atoms with Gasteiger partial charge in [0, 0.05) is 22.5 Å². The Hall–Kier alpha value is -3.45. The monoisotopic (exact) mass is 421 g/mol. The van der Waals surface area contributed by atoms with Gasteiger partial charge in [-0.15, -0.1) is 0 Å². The first kappa shape index (κ1) is 22.2. The van der Waals surface area contributed by atoms with Gasteiger partial charge >= 0.3 is 0 Å². The molecule has 4 N–H and O–H groups in total. The Bertz CT molecular complexity index is 1140. The van der Waals surface area contributed by atoms with Crippen LogP contribution in [0.3, 0.4) is 0 Å². The highest BCUT2D eigenvalue weighted by molar-refractivity contribution is 5.97. The lowest BCUT2D eigenvalue weighted by molar-refractivity contribution is -0.131. The maximum atomic E-state index is 13.1. The zero-order chi connectivity index (χ0) is 22.5. The summed E-state index contributed by atoms with van der Waals surface area (Å²) >= 11 is 0. The minimum absolute atomic E-state index is 0.109. The maximum Gasteiger partial charge on any atom is 0.268 e. The standard InChI is InChI=1S/C24H27N3O4/c1-14(2)25-24(31)22(29)19(13-16-9-5-4-6-10-16)27-23(30)20-15(3)21(28)17-11-7-8-12-18(17)26-20/h4-12,14,19,22,29H,13H2,1-3H3,(H,25,31)(H,26,28)(H,27,30). The molecule has 3 aromatic rings. The van der Waals surface area contributed by atoms with E-state index >= 15 is 0 Å². The summed E-state index contributed by atoms with van der Waals surface area (Å²) in [7, 11) is 0. The lowest BCUT2D eigenvalue weighted by Gasteiger charge is -2.25. The number of benzene rings is 2. The molecule has 0 fully saturated rings. The number of pyridine rings is 1. The van der Waals surface area contributed by atoms with Gasteiger partial charge in [0.2, 0.25) is 0 Å². The molecule has 0 spiro atoms. The summed E-state index contributed by atoms with van der Waals surface area (Å²) in [4.78, 5) is 41.2. The van der Waals surface area contributed by atoms with E-state index in [4.69, 9.17) is 0 Å². The van der Waals surface area contributed by atoms with E-state index in [1.54, 1.807) is 45.0 Å². The molecule has 0 saturated heterocycles. The number of hydrogen-bond donors (Lipinski definition) is 4. The average molecular weight is 421 g/mol. The summed E-state index contributed by atoms with van der Waals surface area (Å²) in [6, 6.07) is 15.2. The summed E-state index contributed by atoms with van der Waals surface area (Å²) in [5.41, 5.74) is 1.54. The summed E-state index contributed by atoms with van der Waals surface area (Å²) in [6.07, 6.45) is -1.21. The van der Waals surface area contributed by atoms with Gasteiger partial charge in [-0.05, 0) is 44.9 Å². The van der Waals surface area contributed by atoms with Crippen molar-refractivity contribution in [3.63, 3.8) is 0 Å². The van der Waals surface area contributed by atoms with Crippen LogP contribution in [0.2, 0.25) is 0 Å². The van der Waals surface area contributed by atoms with Crippen LogP contribution in [0.4, 0.5) is 0 Å². The summed E-state index contributed by atoms with van der Waals surface area (Å²) in [5, 5.41) is 16.6. The molecule has 0 radical (unpaired) electrons. The van der Waals surface area contributed by atoms with Crippen molar-refractivity contribution in [1.82, 2.24) is 15.6 Å². The lowest BCUT2D eigenvalue weighted by atomic mass is 9.99. The first-order valence-corrected chi connectivity index (χ1v) is 10.2. The summed E-state index contributed by atoms with van der Waals surface area (Å²) in [5.74, 6) is -1.13.